The molecule has 0 aliphatic heterocycles. The van der Waals surface area contributed by atoms with Crippen LogP contribution in [0.3, 0.4) is 0 Å². The quantitative estimate of drug-likeness (QED) is 0.833. The van der Waals surface area contributed by atoms with Gasteiger partial charge in [0.05, 0.1) is 12.6 Å². The van der Waals surface area contributed by atoms with Crippen LogP contribution in [0.25, 0.3) is 0 Å². The van der Waals surface area contributed by atoms with Gasteiger partial charge >= 0.3 is 0 Å². The lowest BCUT2D eigenvalue weighted by Crippen LogP contribution is -2.30. The van der Waals surface area contributed by atoms with Crippen molar-refractivity contribution in [2.45, 2.75) is 45.8 Å². The van der Waals surface area contributed by atoms with Gasteiger partial charge in [-0.05, 0) is 55.0 Å². The van der Waals surface area contributed by atoms with E-state index in [1.165, 1.54) is 28.9 Å². The van der Waals surface area contributed by atoms with Crippen molar-refractivity contribution in [1.82, 2.24) is 0 Å². The first-order chi connectivity index (χ1) is 10.5. The number of fused-ring (bicyclic) bond motifs is 1. The number of hydrogen-bond acceptors (Lipinski definition) is 2. The maximum absolute atomic E-state index is 12.9. The number of aliphatic hydroxyl groups excluding tert-OH is 1. The molecule has 0 heterocycles. The predicted molar refractivity (Wildman–Crippen MR) is 87.3 cm³/mol. The molecule has 1 aromatic rings. The zero-order valence-electron chi connectivity index (χ0n) is 13.1. The molecule has 22 heavy (non-hydrogen) atoms. The molecule has 1 N–H and O–H groups in total. The summed E-state index contributed by atoms with van der Waals surface area (Å²) in [5.41, 5.74) is 4.67. The Hall–Kier alpha value is -1.74. The Bertz CT molecular complexity index is 657. The Kier molecular flexibility index (Phi) is 4.00. The number of rotatable bonds is 3. The van der Waals surface area contributed by atoms with Crippen molar-refractivity contribution in [2.24, 2.45) is 10.4 Å². The summed E-state index contributed by atoms with van der Waals surface area (Å²) in [5, 5.41) is 10.3. The summed E-state index contributed by atoms with van der Waals surface area (Å²) in [4.78, 5) is 4.50. The van der Waals surface area contributed by atoms with Crippen LogP contribution in [0.15, 0.2) is 52.1 Å². The van der Waals surface area contributed by atoms with Gasteiger partial charge in [-0.1, -0.05) is 30.7 Å². The Morgan fingerprint density at radius 3 is 2.82 bits per heavy atom. The number of benzene rings is 1. The number of aliphatic imine (C=N–C) groups is 1. The summed E-state index contributed by atoms with van der Waals surface area (Å²) < 4.78 is 12.9. The van der Waals surface area contributed by atoms with E-state index >= 15 is 0 Å². The number of halogens is 1. The van der Waals surface area contributed by atoms with Crippen LogP contribution in [0.2, 0.25) is 0 Å². The molecule has 0 aromatic heterocycles. The number of allylic oxidation sites excluding steroid dienone is 3. The zero-order chi connectivity index (χ0) is 15.7. The second-order valence-corrected chi connectivity index (χ2v) is 6.62. The van der Waals surface area contributed by atoms with Crippen LogP contribution < -0.4 is 0 Å². The van der Waals surface area contributed by atoms with Crippen molar-refractivity contribution in [3.63, 3.8) is 0 Å². The Morgan fingerprint density at radius 1 is 1.36 bits per heavy atom. The van der Waals surface area contributed by atoms with Crippen molar-refractivity contribution in [3.05, 3.63) is 58.4 Å². The lowest BCUT2D eigenvalue weighted by molar-refractivity contribution is 0.0839. The van der Waals surface area contributed by atoms with Crippen LogP contribution in [0.4, 0.5) is 4.39 Å². The van der Waals surface area contributed by atoms with Gasteiger partial charge in [-0.3, -0.25) is 4.99 Å². The van der Waals surface area contributed by atoms with Crippen molar-refractivity contribution in [1.29, 1.82) is 0 Å². The minimum atomic E-state index is -0.257. The predicted octanol–water partition coefficient (Wildman–Crippen LogP) is 4.20. The number of hydrogen-bond donors (Lipinski definition) is 1. The highest BCUT2D eigenvalue weighted by Crippen LogP contribution is 2.50. The third kappa shape index (κ3) is 2.78. The van der Waals surface area contributed by atoms with E-state index in [2.05, 4.69) is 24.9 Å². The van der Waals surface area contributed by atoms with Gasteiger partial charge in [0.2, 0.25) is 0 Å². The molecular formula is C19H22FNO. The summed E-state index contributed by atoms with van der Waals surface area (Å²) in [5.74, 6) is -0.223. The SMILES string of the molecule is CC1=C(C=NCc2ccc(F)cc2)CC2(C)C(=C1)CCC2O. The van der Waals surface area contributed by atoms with Crippen LogP contribution in [-0.4, -0.2) is 17.4 Å². The highest BCUT2D eigenvalue weighted by molar-refractivity contribution is 5.81. The lowest BCUT2D eigenvalue weighted by atomic mass is 9.72. The lowest BCUT2D eigenvalue weighted by Gasteiger charge is -2.34. The molecule has 0 amide bonds. The van der Waals surface area contributed by atoms with Crippen molar-refractivity contribution >= 4 is 6.21 Å². The summed E-state index contributed by atoms with van der Waals surface area (Å²) in [6, 6.07) is 6.44. The molecule has 2 nitrogen and oxygen atoms in total. The van der Waals surface area contributed by atoms with E-state index in [0.29, 0.717) is 6.54 Å². The van der Waals surface area contributed by atoms with Crippen LogP contribution in [0, 0.1) is 11.2 Å². The number of aliphatic hydroxyl groups is 1. The summed E-state index contributed by atoms with van der Waals surface area (Å²) >= 11 is 0. The molecule has 1 saturated carbocycles. The minimum Gasteiger partial charge on any atom is -0.392 e. The van der Waals surface area contributed by atoms with Gasteiger partial charge in [0.25, 0.3) is 0 Å². The molecule has 2 aliphatic carbocycles. The molecule has 0 saturated heterocycles. The molecule has 3 rings (SSSR count). The van der Waals surface area contributed by atoms with E-state index in [0.717, 1.165) is 24.8 Å². The fraction of sp³-hybridized carbons (Fsp3) is 0.421. The summed E-state index contributed by atoms with van der Waals surface area (Å²) in [6.07, 6.45) is 6.58. The Labute approximate surface area is 131 Å². The van der Waals surface area contributed by atoms with Gasteiger partial charge in [0.1, 0.15) is 5.82 Å². The number of nitrogens with zero attached hydrogens (tertiary/aromatic N) is 1. The van der Waals surface area contributed by atoms with Crippen LogP contribution >= 0.6 is 0 Å². The molecule has 0 radical (unpaired) electrons. The molecule has 3 heteroatoms. The van der Waals surface area contributed by atoms with Gasteiger partial charge < -0.3 is 5.11 Å². The average molecular weight is 299 g/mol. The van der Waals surface area contributed by atoms with E-state index in [9.17, 15) is 9.50 Å². The first kappa shape index (κ1) is 15.2. The van der Waals surface area contributed by atoms with Gasteiger partial charge in [-0.25, -0.2) is 4.39 Å². The molecule has 2 unspecified atom stereocenters. The topological polar surface area (TPSA) is 32.6 Å². The van der Waals surface area contributed by atoms with E-state index in [-0.39, 0.29) is 17.3 Å². The molecule has 0 spiro atoms. The Morgan fingerprint density at radius 2 is 2.09 bits per heavy atom. The van der Waals surface area contributed by atoms with Crippen LogP contribution in [-0.2, 0) is 6.54 Å². The molecule has 2 aliphatic rings. The maximum Gasteiger partial charge on any atom is 0.123 e. The third-order valence-electron chi connectivity index (χ3n) is 5.05. The summed E-state index contributed by atoms with van der Waals surface area (Å²) in [7, 11) is 0. The second kappa shape index (κ2) is 5.81. The van der Waals surface area contributed by atoms with Crippen LogP contribution in [0.1, 0.15) is 38.7 Å². The van der Waals surface area contributed by atoms with Gasteiger partial charge in [-0.15, -0.1) is 0 Å². The normalized spacial score (nSPS) is 28.2. The zero-order valence-corrected chi connectivity index (χ0v) is 13.1. The molecular weight excluding hydrogens is 277 g/mol. The highest BCUT2D eigenvalue weighted by atomic mass is 19.1. The first-order valence-electron chi connectivity index (χ1n) is 7.82. The monoisotopic (exact) mass is 299 g/mol. The molecule has 2 atom stereocenters. The molecule has 116 valence electrons. The van der Waals surface area contributed by atoms with Gasteiger partial charge in [-0.2, -0.15) is 0 Å². The molecule has 1 fully saturated rings. The van der Waals surface area contributed by atoms with E-state index < -0.39 is 0 Å². The largest absolute Gasteiger partial charge is 0.392 e. The Balaban J connectivity index is 1.73. The van der Waals surface area contributed by atoms with Gasteiger partial charge in [0.15, 0.2) is 0 Å². The highest BCUT2D eigenvalue weighted by Gasteiger charge is 2.43. The molecule has 1 aromatic carbocycles. The van der Waals surface area contributed by atoms with Gasteiger partial charge in [0, 0.05) is 11.6 Å². The van der Waals surface area contributed by atoms with Crippen molar-refractivity contribution < 1.29 is 9.50 Å². The molecule has 0 bridgehead atoms. The average Bonchev–Trinajstić information content (AvgIpc) is 2.77. The minimum absolute atomic E-state index is 0.128. The third-order valence-corrected chi connectivity index (χ3v) is 5.05. The fourth-order valence-corrected chi connectivity index (χ4v) is 3.47. The van der Waals surface area contributed by atoms with Crippen molar-refractivity contribution in [3.8, 4) is 0 Å². The van der Waals surface area contributed by atoms with E-state index in [1.807, 2.05) is 6.21 Å². The first-order valence-corrected chi connectivity index (χ1v) is 7.82. The fourth-order valence-electron chi connectivity index (χ4n) is 3.47. The van der Waals surface area contributed by atoms with E-state index in [1.54, 1.807) is 12.1 Å². The van der Waals surface area contributed by atoms with Crippen molar-refractivity contribution in [2.75, 3.05) is 0 Å². The maximum atomic E-state index is 12.9. The standard InChI is InChI=1S/C19H22FNO/c1-13-9-16-5-8-18(22)19(16,2)10-15(13)12-21-11-14-3-6-17(20)7-4-14/h3-4,6-7,9,12,18,22H,5,8,10-11H2,1-2H3. The van der Waals surface area contributed by atoms with Crippen LogP contribution in [0.5, 0.6) is 0 Å². The summed E-state index contributed by atoms with van der Waals surface area (Å²) in [6.45, 7) is 4.81. The van der Waals surface area contributed by atoms with E-state index in [4.69, 9.17) is 0 Å². The second-order valence-electron chi connectivity index (χ2n) is 6.62. The smallest absolute Gasteiger partial charge is 0.123 e.